The molecule has 0 aromatic carbocycles. The second kappa shape index (κ2) is 9.38. The summed E-state index contributed by atoms with van der Waals surface area (Å²) in [6, 6.07) is 0. The van der Waals surface area contributed by atoms with Gasteiger partial charge in [-0.3, -0.25) is 0 Å². The lowest BCUT2D eigenvalue weighted by molar-refractivity contribution is 0.0454. The first-order valence-electron chi connectivity index (χ1n) is 12.8. The summed E-state index contributed by atoms with van der Waals surface area (Å²) in [7, 11) is -3.20. The standard InChI is InChI=1S/C24H37N5O5S/c1-23(5-6-23)18-35(31,32)29-13-11-27(12-14-29)20-15-26-21(16-25-20)33-17-19-3-9-28(10-4-19)22(30)34-24(2)7-8-24/h15-16,19H,3-14,17-18H2,1-2H3. The van der Waals surface area contributed by atoms with Crippen molar-refractivity contribution in [1.29, 1.82) is 0 Å². The third-order valence-electron chi connectivity index (χ3n) is 7.83. The van der Waals surface area contributed by atoms with Crippen molar-refractivity contribution in [2.45, 2.75) is 58.0 Å². The lowest BCUT2D eigenvalue weighted by Gasteiger charge is -2.35. The highest BCUT2D eigenvalue weighted by atomic mass is 32.2. The Hall–Kier alpha value is -2.14. The van der Waals surface area contributed by atoms with E-state index in [0.717, 1.165) is 44.3 Å². The number of amides is 1. The lowest BCUT2D eigenvalue weighted by Crippen LogP contribution is -2.50. The van der Waals surface area contributed by atoms with Crippen LogP contribution in [-0.4, -0.2) is 90.9 Å². The third kappa shape index (κ3) is 6.17. The van der Waals surface area contributed by atoms with Gasteiger partial charge < -0.3 is 19.3 Å². The number of aromatic nitrogens is 2. The van der Waals surface area contributed by atoms with Gasteiger partial charge in [-0.05, 0) is 56.8 Å². The van der Waals surface area contributed by atoms with Gasteiger partial charge in [0.25, 0.3) is 0 Å². The molecule has 1 amide bonds. The molecule has 5 rings (SSSR count). The van der Waals surface area contributed by atoms with Gasteiger partial charge in [-0.25, -0.2) is 23.2 Å². The van der Waals surface area contributed by atoms with Gasteiger partial charge in [0, 0.05) is 39.3 Å². The third-order valence-corrected chi connectivity index (χ3v) is 10.0. The number of hydrogen-bond donors (Lipinski definition) is 0. The monoisotopic (exact) mass is 507 g/mol. The lowest BCUT2D eigenvalue weighted by atomic mass is 9.98. The smallest absolute Gasteiger partial charge is 0.410 e. The fourth-order valence-corrected chi connectivity index (χ4v) is 6.74. The highest BCUT2D eigenvalue weighted by molar-refractivity contribution is 7.89. The van der Waals surface area contributed by atoms with E-state index in [1.165, 1.54) is 0 Å². The summed E-state index contributed by atoms with van der Waals surface area (Å²) in [5, 5.41) is 0. The number of carbonyl (C=O) groups excluding carboxylic acids is 1. The summed E-state index contributed by atoms with van der Waals surface area (Å²) in [5.74, 6) is 1.84. The Morgan fingerprint density at radius 2 is 1.69 bits per heavy atom. The quantitative estimate of drug-likeness (QED) is 0.529. The van der Waals surface area contributed by atoms with Crippen molar-refractivity contribution >= 4 is 21.9 Å². The van der Waals surface area contributed by atoms with Gasteiger partial charge in [0.15, 0.2) is 0 Å². The van der Waals surface area contributed by atoms with Crippen molar-refractivity contribution in [3.05, 3.63) is 12.4 Å². The predicted octanol–water partition coefficient (Wildman–Crippen LogP) is 2.51. The Kier molecular flexibility index (Phi) is 6.58. The van der Waals surface area contributed by atoms with Crippen LogP contribution in [-0.2, 0) is 14.8 Å². The van der Waals surface area contributed by atoms with Crippen molar-refractivity contribution in [3.63, 3.8) is 0 Å². The summed E-state index contributed by atoms with van der Waals surface area (Å²) in [6.07, 6.45) is 8.82. The second-order valence-corrected chi connectivity index (χ2v) is 13.2. The minimum Gasteiger partial charge on any atom is -0.476 e. The molecule has 35 heavy (non-hydrogen) atoms. The maximum atomic E-state index is 12.7. The predicted molar refractivity (Wildman–Crippen MR) is 131 cm³/mol. The van der Waals surface area contributed by atoms with E-state index in [1.807, 2.05) is 6.92 Å². The highest BCUT2D eigenvalue weighted by Crippen LogP contribution is 2.46. The summed E-state index contributed by atoms with van der Waals surface area (Å²) >= 11 is 0. The highest BCUT2D eigenvalue weighted by Gasteiger charge is 2.44. The van der Waals surface area contributed by atoms with Crippen LogP contribution in [0.1, 0.15) is 52.4 Å². The van der Waals surface area contributed by atoms with Crippen LogP contribution in [0.25, 0.3) is 0 Å². The van der Waals surface area contributed by atoms with Gasteiger partial charge in [0.2, 0.25) is 15.9 Å². The SMILES string of the molecule is CC1(CS(=O)(=O)N2CCN(c3cnc(OCC4CCN(C(=O)OC5(C)CC5)CC4)cn3)CC2)CC1. The zero-order chi connectivity index (χ0) is 24.7. The topological polar surface area (TPSA) is 105 Å². The minimum atomic E-state index is -3.20. The number of carbonyl (C=O) groups is 1. The number of hydrogen-bond acceptors (Lipinski definition) is 8. The molecule has 1 aromatic rings. The molecule has 1 aromatic heterocycles. The molecule has 0 spiro atoms. The molecule has 4 aliphatic rings. The van der Waals surface area contributed by atoms with Crippen LogP contribution in [0.2, 0.25) is 0 Å². The van der Waals surface area contributed by atoms with Gasteiger partial charge in [-0.1, -0.05) is 6.92 Å². The molecule has 2 saturated heterocycles. The van der Waals surface area contributed by atoms with Gasteiger partial charge in [-0.2, -0.15) is 4.31 Å². The molecule has 0 radical (unpaired) electrons. The molecule has 0 N–H and O–H groups in total. The van der Waals surface area contributed by atoms with Crippen molar-refractivity contribution < 1.29 is 22.7 Å². The van der Waals surface area contributed by atoms with Crippen LogP contribution < -0.4 is 9.64 Å². The van der Waals surface area contributed by atoms with E-state index in [2.05, 4.69) is 21.8 Å². The number of likely N-dealkylation sites (tertiary alicyclic amines) is 1. The molecule has 2 saturated carbocycles. The number of piperidine rings is 1. The summed E-state index contributed by atoms with van der Waals surface area (Å²) in [6.45, 7) is 8.12. The van der Waals surface area contributed by atoms with E-state index in [4.69, 9.17) is 9.47 Å². The first-order valence-corrected chi connectivity index (χ1v) is 14.4. The zero-order valence-electron chi connectivity index (χ0n) is 20.8. The molecule has 0 bridgehead atoms. The number of sulfonamides is 1. The molecular formula is C24H37N5O5S. The van der Waals surface area contributed by atoms with Crippen LogP contribution in [0, 0.1) is 11.3 Å². The Bertz CT molecular complexity index is 1010. The Labute approximate surface area is 208 Å². The average molecular weight is 508 g/mol. The molecule has 0 unspecified atom stereocenters. The number of nitrogens with zero attached hydrogens (tertiary/aromatic N) is 5. The van der Waals surface area contributed by atoms with E-state index in [0.29, 0.717) is 57.7 Å². The van der Waals surface area contributed by atoms with Crippen LogP contribution >= 0.6 is 0 Å². The molecule has 10 nitrogen and oxygen atoms in total. The maximum absolute atomic E-state index is 12.7. The number of ether oxygens (including phenoxy) is 2. The molecule has 2 aliphatic heterocycles. The Morgan fingerprint density at radius 3 is 2.26 bits per heavy atom. The largest absolute Gasteiger partial charge is 0.476 e. The molecule has 3 heterocycles. The second-order valence-electron chi connectivity index (χ2n) is 11.2. The number of anilines is 1. The normalized spacial score (nSPS) is 24.2. The first kappa shape index (κ1) is 24.5. The van der Waals surface area contributed by atoms with Gasteiger partial charge in [-0.15, -0.1) is 0 Å². The Morgan fingerprint density at radius 1 is 1.00 bits per heavy atom. The number of piperazine rings is 1. The fourth-order valence-electron chi connectivity index (χ4n) is 4.67. The summed E-state index contributed by atoms with van der Waals surface area (Å²) < 4.78 is 38.4. The van der Waals surface area contributed by atoms with Crippen LogP contribution in [0.15, 0.2) is 12.4 Å². The van der Waals surface area contributed by atoms with E-state index in [-0.39, 0.29) is 22.9 Å². The molecule has 4 fully saturated rings. The van der Waals surface area contributed by atoms with Gasteiger partial charge >= 0.3 is 6.09 Å². The van der Waals surface area contributed by atoms with Gasteiger partial charge in [0.05, 0.1) is 24.8 Å². The molecule has 2 aliphatic carbocycles. The first-order chi connectivity index (χ1) is 16.6. The Balaban J connectivity index is 1.03. The molecule has 11 heteroatoms. The number of rotatable bonds is 8. The summed E-state index contributed by atoms with van der Waals surface area (Å²) in [4.78, 5) is 25.0. The maximum Gasteiger partial charge on any atom is 0.410 e. The summed E-state index contributed by atoms with van der Waals surface area (Å²) in [5.41, 5.74) is -0.254. The van der Waals surface area contributed by atoms with Crippen molar-refractivity contribution in [1.82, 2.24) is 19.2 Å². The van der Waals surface area contributed by atoms with E-state index < -0.39 is 10.0 Å². The van der Waals surface area contributed by atoms with Crippen LogP contribution in [0.3, 0.4) is 0 Å². The average Bonchev–Trinajstić information content (AvgIpc) is 3.76. The zero-order valence-corrected chi connectivity index (χ0v) is 21.6. The van der Waals surface area contributed by atoms with E-state index in [1.54, 1.807) is 21.6 Å². The van der Waals surface area contributed by atoms with Crippen LogP contribution in [0.5, 0.6) is 5.88 Å². The van der Waals surface area contributed by atoms with Crippen molar-refractivity contribution in [2.75, 3.05) is 56.5 Å². The van der Waals surface area contributed by atoms with Crippen molar-refractivity contribution in [3.8, 4) is 5.88 Å². The van der Waals surface area contributed by atoms with E-state index >= 15 is 0 Å². The van der Waals surface area contributed by atoms with Crippen LogP contribution in [0.4, 0.5) is 10.6 Å². The van der Waals surface area contributed by atoms with Crippen molar-refractivity contribution in [2.24, 2.45) is 11.3 Å². The molecule has 194 valence electrons. The van der Waals surface area contributed by atoms with E-state index in [9.17, 15) is 13.2 Å². The molecule has 0 atom stereocenters. The fraction of sp³-hybridized carbons (Fsp3) is 0.792. The molecular weight excluding hydrogens is 470 g/mol. The van der Waals surface area contributed by atoms with Gasteiger partial charge in [0.1, 0.15) is 11.4 Å². The minimum absolute atomic E-state index is 0.0192.